The van der Waals surface area contributed by atoms with Crippen molar-refractivity contribution in [3.63, 3.8) is 0 Å². The summed E-state index contributed by atoms with van der Waals surface area (Å²) in [4.78, 5) is 13.3. The van der Waals surface area contributed by atoms with Crippen LogP contribution in [0.15, 0.2) is 24.4 Å². The Labute approximate surface area is 52.3 Å². The number of aromatic nitrogens is 1. The van der Waals surface area contributed by atoms with E-state index in [0.29, 0.717) is 0 Å². The highest BCUT2D eigenvalue weighted by atomic mass is 16.5. The molecular formula is C6H4NO2. The Balaban J connectivity index is 2.72. The quantitative estimate of drug-likeness (QED) is 0.574. The van der Waals surface area contributed by atoms with E-state index in [0.717, 1.165) is 0 Å². The van der Waals surface area contributed by atoms with Gasteiger partial charge < -0.3 is 4.74 Å². The van der Waals surface area contributed by atoms with Gasteiger partial charge in [0.1, 0.15) is 0 Å². The molecule has 45 valence electrons. The van der Waals surface area contributed by atoms with E-state index >= 15 is 0 Å². The van der Waals surface area contributed by atoms with Crippen LogP contribution in [0.3, 0.4) is 0 Å². The number of hydrogen-bond donors (Lipinski definition) is 0. The predicted octanol–water partition coefficient (Wildman–Crippen LogP) is 0.528. The molecule has 0 aliphatic rings. The van der Waals surface area contributed by atoms with Crippen LogP contribution in [0.4, 0.5) is 0 Å². The van der Waals surface area contributed by atoms with Gasteiger partial charge in [-0.2, -0.15) is 0 Å². The summed E-state index contributed by atoms with van der Waals surface area (Å²) in [7, 11) is 0. The SMILES string of the molecule is O=[C]Oc1ccccn1. The minimum Gasteiger partial charge on any atom is -0.399 e. The molecule has 0 spiro atoms. The molecule has 1 radical (unpaired) electrons. The van der Waals surface area contributed by atoms with Crippen LogP contribution in [0.5, 0.6) is 5.88 Å². The van der Waals surface area contributed by atoms with Gasteiger partial charge in [-0.15, -0.1) is 0 Å². The van der Waals surface area contributed by atoms with Crippen molar-refractivity contribution < 1.29 is 9.53 Å². The molecule has 3 nitrogen and oxygen atoms in total. The number of hydrogen-bond acceptors (Lipinski definition) is 3. The van der Waals surface area contributed by atoms with Crippen molar-refractivity contribution in [3.05, 3.63) is 24.4 Å². The molecule has 0 saturated carbocycles. The fraction of sp³-hybridized carbons (Fsp3) is 0. The van der Waals surface area contributed by atoms with Crippen molar-refractivity contribution in [2.75, 3.05) is 0 Å². The highest BCUT2D eigenvalue weighted by Crippen LogP contribution is 2.00. The average molecular weight is 122 g/mol. The molecule has 0 aliphatic heterocycles. The van der Waals surface area contributed by atoms with Gasteiger partial charge in [-0.25, -0.2) is 9.78 Å². The summed E-state index contributed by atoms with van der Waals surface area (Å²) in [5, 5.41) is 0. The van der Waals surface area contributed by atoms with E-state index in [1.807, 2.05) is 0 Å². The fourth-order valence-corrected chi connectivity index (χ4v) is 0.450. The summed E-state index contributed by atoms with van der Waals surface area (Å²) in [6, 6.07) is 5.03. The number of pyridine rings is 1. The van der Waals surface area contributed by atoms with Gasteiger partial charge in [0.2, 0.25) is 5.88 Å². The van der Waals surface area contributed by atoms with Crippen molar-refractivity contribution in [2.24, 2.45) is 0 Å². The lowest BCUT2D eigenvalue weighted by atomic mass is 10.5. The largest absolute Gasteiger partial charge is 0.424 e. The predicted molar refractivity (Wildman–Crippen MR) is 30.6 cm³/mol. The van der Waals surface area contributed by atoms with Crippen molar-refractivity contribution >= 4 is 6.47 Å². The molecule has 3 heteroatoms. The first-order valence-corrected chi connectivity index (χ1v) is 2.38. The molecule has 1 rings (SSSR count). The van der Waals surface area contributed by atoms with Crippen LogP contribution < -0.4 is 4.74 Å². The molecule has 0 N–H and O–H groups in total. The summed E-state index contributed by atoms with van der Waals surface area (Å²) in [5.74, 6) is 0.271. The van der Waals surface area contributed by atoms with Gasteiger partial charge in [0.05, 0.1) is 0 Å². The summed E-state index contributed by atoms with van der Waals surface area (Å²) in [5.41, 5.74) is 0. The molecule has 0 aromatic carbocycles. The van der Waals surface area contributed by atoms with Crippen LogP contribution >= 0.6 is 0 Å². The van der Waals surface area contributed by atoms with E-state index < -0.39 is 0 Å². The highest BCUT2D eigenvalue weighted by Gasteiger charge is 1.87. The highest BCUT2D eigenvalue weighted by molar-refractivity contribution is 5.43. The molecule has 9 heavy (non-hydrogen) atoms. The smallest absolute Gasteiger partial charge is 0.399 e. The minimum absolute atomic E-state index is 0.271. The molecule has 1 aromatic rings. The summed E-state index contributed by atoms with van der Waals surface area (Å²) >= 11 is 0. The lowest BCUT2D eigenvalue weighted by molar-refractivity contribution is 0.433. The van der Waals surface area contributed by atoms with Crippen LogP contribution in [-0.2, 0) is 4.79 Å². The van der Waals surface area contributed by atoms with E-state index in [1.165, 1.54) is 12.7 Å². The van der Waals surface area contributed by atoms with Crippen molar-refractivity contribution in [1.29, 1.82) is 0 Å². The van der Waals surface area contributed by atoms with Crippen LogP contribution in [0.25, 0.3) is 0 Å². The number of ether oxygens (including phenoxy) is 1. The second-order valence-corrected chi connectivity index (χ2v) is 1.35. The molecule has 0 atom stereocenters. The maximum atomic E-state index is 9.59. The minimum atomic E-state index is 0.271. The van der Waals surface area contributed by atoms with Crippen LogP contribution in [0, 0.1) is 0 Å². The Morgan fingerprint density at radius 1 is 1.56 bits per heavy atom. The zero-order valence-corrected chi connectivity index (χ0v) is 4.57. The third-order valence-electron chi connectivity index (χ3n) is 0.784. The molecular weight excluding hydrogens is 118 g/mol. The Morgan fingerprint density at radius 3 is 3.00 bits per heavy atom. The Bertz CT molecular complexity index is 186. The van der Waals surface area contributed by atoms with Gasteiger partial charge in [0.15, 0.2) is 0 Å². The zero-order valence-electron chi connectivity index (χ0n) is 4.57. The molecule has 1 heterocycles. The zero-order chi connectivity index (χ0) is 6.53. The van der Waals surface area contributed by atoms with E-state index in [-0.39, 0.29) is 5.88 Å². The maximum absolute atomic E-state index is 9.59. The third-order valence-corrected chi connectivity index (χ3v) is 0.784. The molecule has 0 saturated heterocycles. The average Bonchev–Trinajstić information content (AvgIpc) is 1.91. The molecule has 1 aromatic heterocycles. The van der Waals surface area contributed by atoms with Crippen molar-refractivity contribution in [3.8, 4) is 5.88 Å². The molecule has 0 fully saturated rings. The second kappa shape index (κ2) is 2.81. The number of carbonyl (C=O) groups excluding carboxylic acids is 1. The Kier molecular flexibility index (Phi) is 1.80. The van der Waals surface area contributed by atoms with E-state index in [4.69, 9.17) is 0 Å². The lowest BCUT2D eigenvalue weighted by Gasteiger charge is -1.89. The molecule has 0 bridgehead atoms. The second-order valence-electron chi connectivity index (χ2n) is 1.35. The van der Waals surface area contributed by atoms with E-state index in [1.54, 1.807) is 18.2 Å². The van der Waals surface area contributed by atoms with Gasteiger partial charge in [0.25, 0.3) is 0 Å². The monoisotopic (exact) mass is 122 g/mol. The molecule has 0 amide bonds. The summed E-state index contributed by atoms with van der Waals surface area (Å²) in [6.07, 6.45) is 1.53. The summed E-state index contributed by atoms with van der Waals surface area (Å²) in [6.45, 7) is 1.27. The van der Waals surface area contributed by atoms with Gasteiger partial charge in [0, 0.05) is 12.3 Å². The van der Waals surface area contributed by atoms with Crippen molar-refractivity contribution in [2.45, 2.75) is 0 Å². The maximum Gasteiger partial charge on any atom is 0.424 e. The van der Waals surface area contributed by atoms with Crippen LogP contribution in [0.2, 0.25) is 0 Å². The third kappa shape index (κ3) is 1.53. The topological polar surface area (TPSA) is 39.2 Å². The number of nitrogens with zero attached hydrogens (tertiary/aromatic N) is 1. The van der Waals surface area contributed by atoms with Gasteiger partial charge in [-0.1, -0.05) is 6.07 Å². The van der Waals surface area contributed by atoms with Gasteiger partial charge in [-0.3, -0.25) is 0 Å². The van der Waals surface area contributed by atoms with Gasteiger partial charge >= 0.3 is 6.47 Å². The van der Waals surface area contributed by atoms with Crippen molar-refractivity contribution in [1.82, 2.24) is 4.98 Å². The molecule has 0 aliphatic carbocycles. The standard InChI is InChI=1S/C6H4NO2/c8-5-9-6-3-1-2-4-7-6/h1-4H. The van der Waals surface area contributed by atoms with E-state index in [2.05, 4.69) is 9.72 Å². The van der Waals surface area contributed by atoms with Crippen LogP contribution in [-0.4, -0.2) is 11.5 Å². The molecule has 0 unspecified atom stereocenters. The number of rotatable bonds is 2. The Hall–Kier alpha value is -1.38. The fourth-order valence-electron chi connectivity index (χ4n) is 0.450. The first kappa shape index (κ1) is 5.75. The van der Waals surface area contributed by atoms with Gasteiger partial charge in [-0.05, 0) is 6.07 Å². The van der Waals surface area contributed by atoms with Crippen LogP contribution in [0.1, 0.15) is 0 Å². The normalized spacial score (nSPS) is 8.44. The first-order chi connectivity index (χ1) is 4.43. The van der Waals surface area contributed by atoms with E-state index in [9.17, 15) is 4.79 Å². The first-order valence-electron chi connectivity index (χ1n) is 2.38. The Morgan fingerprint density at radius 2 is 2.44 bits per heavy atom. The summed E-state index contributed by atoms with van der Waals surface area (Å²) < 4.78 is 4.29. The lowest BCUT2D eigenvalue weighted by Crippen LogP contribution is -1.89.